The number of hydrogen-bond acceptors (Lipinski definition) is 2. The molecule has 3 N–H and O–H groups in total. The summed E-state index contributed by atoms with van der Waals surface area (Å²) in [5, 5.41) is 0. The zero-order chi connectivity index (χ0) is 5.70. The van der Waals surface area contributed by atoms with Gasteiger partial charge < -0.3 is 4.74 Å². The molecule has 0 atom stereocenters. The number of carbonyl (C=O) groups is 1. The van der Waals surface area contributed by atoms with Crippen molar-refractivity contribution in [1.29, 1.82) is 0 Å². The first-order valence-corrected chi connectivity index (χ1v) is 2.26. The molecule has 0 radical (unpaired) electrons. The van der Waals surface area contributed by atoms with Crippen LogP contribution in [0, 0.1) is 0 Å². The molecule has 0 fully saturated rings. The molecule has 0 unspecified atom stereocenters. The Hall–Kier alpha value is -0.570. The third-order valence-electron chi connectivity index (χ3n) is 0.467. The first-order chi connectivity index (χ1) is 3.27. The molecule has 42 valence electrons. The van der Waals surface area contributed by atoms with Crippen LogP contribution in [-0.4, -0.2) is 12.7 Å². The monoisotopic (exact) mass is 104 g/mol. The normalized spacial score (nSPS) is 8.29. The standard InChI is InChI=1S/C4H9NO2/c1-2-3-7-4(5)6/h2-3H2,1H3,(H2,5,6)/p+1. The van der Waals surface area contributed by atoms with Crippen LogP contribution in [-0.2, 0) is 4.74 Å². The minimum absolute atomic E-state index is 0.443. The minimum atomic E-state index is -0.443. The summed E-state index contributed by atoms with van der Waals surface area (Å²) >= 11 is 0. The van der Waals surface area contributed by atoms with Crippen LogP contribution in [0.3, 0.4) is 0 Å². The van der Waals surface area contributed by atoms with E-state index in [1.807, 2.05) is 6.92 Å². The van der Waals surface area contributed by atoms with E-state index >= 15 is 0 Å². The highest BCUT2D eigenvalue weighted by molar-refractivity contribution is 5.53. The smallest absolute Gasteiger partial charge is 0.420 e. The second kappa shape index (κ2) is 3.61. The van der Waals surface area contributed by atoms with Gasteiger partial charge in [-0.15, -0.1) is 0 Å². The Labute approximate surface area is 42.4 Å². The molecule has 0 heterocycles. The minimum Gasteiger partial charge on any atom is -0.420 e. The van der Waals surface area contributed by atoms with Crippen molar-refractivity contribution >= 4 is 6.09 Å². The van der Waals surface area contributed by atoms with Gasteiger partial charge in [0.1, 0.15) is 0 Å². The van der Waals surface area contributed by atoms with Gasteiger partial charge >= 0.3 is 6.09 Å². The molecule has 0 aliphatic heterocycles. The fourth-order valence-corrected chi connectivity index (χ4v) is 0.216. The topological polar surface area (TPSA) is 53.9 Å². The highest BCUT2D eigenvalue weighted by atomic mass is 16.5. The number of rotatable bonds is 2. The Morgan fingerprint density at radius 2 is 2.43 bits per heavy atom. The van der Waals surface area contributed by atoms with Gasteiger partial charge in [0.25, 0.3) is 0 Å². The van der Waals surface area contributed by atoms with Gasteiger partial charge in [-0.3, -0.25) is 5.73 Å². The Morgan fingerprint density at radius 1 is 1.86 bits per heavy atom. The van der Waals surface area contributed by atoms with Crippen LogP contribution in [0.5, 0.6) is 0 Å². The molecule has 0 aromatic carbocycles. The molecule has 0 aliphatic rings. The van der Waals surface area contributed by atoms with E-state index in [2.05, 4.69) is 10.5 Å². The molecule has 0 spiro atoms. The fourth-order valence-electron chi connectivity index (χ4n) is 0.216. The lowest BCUT2D eigenvalue weighted by atomic mass is 10.5. The first kappa shape index (κ1) is 6.43. The van der Waals surface area contributed by atoms with Crippen molar-refractivity contribution in [2.24, 2.45) is 0 Å². The van der Waals surface area contributed by atoms with Crippen molar-refractivity contribution in [1.82, 2.24) is 0 Å². The Morgan fingerprint density at radius 3 is 2.57 bits per heavy atom. The maximum atomic E-state index is 9.87. The number of hydrogen-bond donors (Lipinski definition) is 1. The van der Waals surface area contributed by atoms with Gasteiger partial charge in [0, 0.05) is 0 Å². The summed E-state index contributed by atoms with van der Waals surface area (Å²) in [7, 11) is 0. The van der Waals surface area contributed by atoms with Gasteiger partial charge in [-0.05, 0) is 6.42 Å². The quantitative estimate of drug-likeness (QED) is 0.526. The van der Waals surface area contributed by atoms with Crippen molar-refractivity contribution in [3.05, 3.63) is 0 Å². The molecule has 0 saturated heterocycles. The Bertz CT molecular complexity index is 62.7. The van der Waals surface area contributed by atoms with Gasteiger partial charge in [-0.2, -0.15) is 4.79 Å². The maximum Gasteiger partial charge on any atom is 0.511 e. The predicted molar refractivity (Wildman–Crippen MR) is 24.5 cm³/mol. The summed E-state index contributed by atoms with van der Waals surface area (Å²) in [6, 6.07) is 0. The second-order valence-corrected chi connectivity index (χ2v) is 1.22. The third-order valence-corrected chi connectivity index (χ3v) is 0.467. The van der Waals surface area contributed by atoms with E-state index in [9.17, 15) is 4.79 Å². The second-order valence-electron chi connectivity index (χ2n) is 1.22. The average Bonchev–Trinajstić information content (AvgIpc) is 1.61. The van der Waals surface area contributed by atoms with Crippen molar-refractivity contribution < 1.29 is 15.3 Å². The van der Waals surface area contributed by atoms with Gasteiger partial charge in [-0.25, -0.2) is 0 Å². The van der Waals surface area contributed by atoms with Crippen LogP contribution in [0.1, 0.15) is 13.3 Å². The lowest BCUT2D eigenvalue weighted by Gasteiger charge is -1.89. The highest BCUT2D eigenvalue weighted by Gasteiger charge is 1.91. The van der Waals surface area contributed by atoms with Crippen LogP contribution in [0.15, 0.2) is 0 Å². The van der Waals surface area contributed by atoms with Crippen LogP contribution in [0.2, 0.25) is 0 Å². The average molecular weight is 104 g/mol. The molecule has 0 rings (SSSR count). The van der Waals surface area contributed by atoms with Crippen molar-refractivity contribution in [3.63, 3.8) is 0 Å². The SMILES string of the molecule is CCCOC([NH3+])=O. The summed E-state index contributed by atoms with van der Waals surface area (Å²) in [5.74, 6) is 0. The van der Waals surface area contributed by atoms with Crippen LogP contribution < -0.4 is 5.73 Å². The summed E-state index contributed by atoms with van der Waals surface area (Å²) in [6.45, 7) is 2.42. The number of ether oxygens (including phenoxy) is 1. The first-order valence-electron chi connectivity index (χ1n) is 2.26. The highest BCUT2D eigenvalue weighted by Crippen LogP contribution is 1.75. The molecule has 0 bridgehead atoms. The summed E-state index contributed by atoms with van der Waals surface area (Å²) < 4.78 is 4.44. The molecule has 7 heavy (non-hydrogen) atoms. The Kier molecular flexibility index (Phi) is 3.32. The zero-order valence-electron chi connectivity index (χ0n) is 4.44. The van der Waals surface area contributed by atoms with E-state index in [4.69, 9.17) is 0 Å². The molecular weight excluding hydrogens is 94.0 g/mol. The van der Waals surface area contributed by atoms with E-state index in [-0.39, 0.29) is 0 Å². The lowest BCUT2D eigenvalue weighted by Crippen LogP contribution is -2.57. The fraction of sp³-hybridized carbons (Fsp3) is 0.750. The largest absolute Gasteiger partial charge is 0.511 e. The molecule has 1 amide bonds. The van der Waals surface area contributed by atoms with Gasteiger partial charge in [0.2, 0.25) is 0 Å². The van der Waals surface area contributed by atoms with Crippen molar-refractivity contribution in [2.75, 3.05) is 6.61 Å². The summed E-state index contributed by atoms with van der Waals surface area (Å²) in [5.41, 5.74) is 3.01. The lowest BCUT2D eigenvalue weighted by molar-refractivity contribution is -0.282. The van der Waals surface area contributed by atoms with Crippen molar-refractivity contribution in [3.8, 4) is 0 Å². The number of carbonyl (C=O) groups excluding carboxylic acids is 1. The predicted octanol–water partition coefficient (Wildman–Crippen LogP) is -0.225. The number of amides is 1. The van der Waals surface area contributed by atoms with E-state index in [1.165, 1.54) is 0 Å². The van der Waals surface area contributed by atoms with Crippen LogP contribution in [0.25, 0.3) is 0 Å². The molecule has 3 nitrogen and oxygen atoms in total. The Balaban J connectivity index is 2.82. The molecule has 0 aromatic rings. The maximum absolute atomic E-state index is 9.87. The summed E-state index contributed by atoms with van der Waals surface area (Å²) in [4.78, 5) is 9.87. The molecule has 3 heteroatoms. The van der Waals surface area contributed by atoms with E-state index in [0.717, 1.165) is 6.42 Å². The van der Waals surface area contributed by atoms with Crippen molar-refractivity contribution in [2.45, 2.75) is 13.3 Å². The molecule has 0 aromatic heterocycles. The molecular formula is C4H10NO2+. The van der Waals surface area contributed by atoms with E-state index in [0.29, 0.717) is 6.61 Å². The number of quaternary nitrogens is 1. The van der Waals surface area contributed by atoms with Gasteiger partial charge in [0.05, 0.1) is 6.61 Å². The van der Waals surface area contributed by atoms with E-state index in [1.54, 1.807) is 0 Å². The van der Waals surface area contributed by atoms with Crippen LogP contribution >= 0.6 is 0 Å². The molecule has 0 aliphatic carbocycles. The van der Waals surface area contributed by atoms with Crippen LogP contribution in [0.4, 0.5) is 4.79 Å². The van der Waals surface area contributed by atoms with Gasteiger partial charge in [0.15, 0.2) is 0 Å². The molecule has 0 saturated carbocycles. The summed E-state index contributed by atoms with van der Waals surface area (Å²) in [6.07, 6.45) is 0.420. The zero-order valence-corrected chi connectivity index (χ0v) is 4.44. The third kappa shape index (κ3) is 5.43. The van der Waals surface area contributed by atoms with Gasteiger partial charge in [-0.1, -0.05) is 6.92 Å². The van der Waals surface area contributed by atoms with E-state index < -0.39 is 6.09 Å².